The van der Waals surface area contributed by atoms with Gasteiger partial charge in [0.15, 0.2) is 0 Å². The number of hydrogen-bond donors (Lipinski definition) is 1. The van der Waals surface area contributed by atoms with Gasteiger partial charge >= 0.3 is 5.97 Å². The Hall–Kier alpha value is -0.910. The van der Waals surface area contributed by atoms with Crippen LogP contribution >= 0.6 is 0 Å². The largest absolute Gasteiger partial charge is 0.466 e. The van der Waals surface area contributed by atoms with Crippen LogP contribution < -0.4 is 5.32 Å². The van der Waals surface area contributed by atoms with Gasteiger partial charge in [-0.25, -0.2) is 4.79 Å². The molecular formula is C10H15NO4. The number of methoxy groups -OCH3 is 2. The minimum Gasteiger partial charge on any atom is -0.466 e. The van der Waals surface area contributed by atoms with E-state index in [0.717, 1.165) is 6.42 Å². The predicted octanol–water partition coefficient (Wildman–Crippen LogP) is -0.181. The third-order valence-corrected chi connectivity index (χ3v) is 2.72. The Morgan fingerprint density at radius 1 is 1.60 bits per heavy atom. The molecule has 1 aliphatic heterocycles. The van der Waals surface area contributed by atoms with Gasteiger partial charge in [-0.3, -0.25) is 0 Å². The summed E-state index contributed by atoms with van der Waals surface area (Å²) in [5.74, 6) is -0.270. The molecule has 5 heteroatoms. The van der Waals surface area contributed by atoms with Crippen molar-refractivity contribution in [3.05, 3.63) is 11.6 Å². The highest BCUT2D eigenvalue weighted by molar-refractivity contribution is 5.89. The Kier molecular flexibility index (Phi) is 3.04. The van der Waals surface area contributed by atoms with Gasteiger partial charge in [0.1, 0.15) is 6.79 Å². The Labute approximate surface area is 88.4 Å². The van der Waals surface area contributed by atoms with E-state index in [0.29, 0.717) is 17.7 Å². The highest BCUT2D eigenvalue weighted by Crippen LogP contribution is 2.31. The van der Waals surface area contributed by atoms with Crippen molar-refractivity contribution in [2.24, 2.45) is 0 Å². The fourth-order valence-electron chi connectivity index (χ4n) is 1.89. The van der Waals surface area contributed by atoms with Crippen LogP contribution in [-0.4, -0.2) is 45.2 Å². The van der Waals surface area contributed by atoms with E-state index < -0.39 is 0 Å². The van der Waals surface area contributed by atoms with E-state index in [1.807, 2.05) is 6.08 Å². The van der Waals surface area contributed by atoms with Crippen molar-refractivity contribution in [1.29, 1.82) is 0 Å². The number of carbonyl (C=O) groups excluding carboxylic acids is 1. The minimum absolute atomic E-state index is 0.0854. The maximum Gasteiger partial charge on any atom is 0.333 e. The van der Waals surface area contributed by atoms with Crippen molar-refractivity contribution >= 4 is 5.97 Å². The molecule has 1 aliphatic carbocycles. The topological polar surface area (TPSA) is 66.7 Å². The Balaban J connectivity index is 2.00. The maximum absolute atomic E-state index is 11.3. The van der Waals surface area contributed by atoms with Gasteiger partial charge in [-0.15, -0.1) is 0 Å². The molecule has 0 aromatic carbocycles. The molecule has 0 spiro atoms. The number of esters is 1. The van der Waals surface area contributed by atoms with E-state index >= 15 is 0 Å². The summed E-state index contributed by atoms with van der Waals surface area (Å²) in [6.45, 7) is 0.237. The summed E-state index contributed by atoms with van der Waals surface area (Å²) >= 11 is 0. The predicted molar refractivity (Wildman–Crippen MR) is 52.2 cm³/mol. The van der Waals surface area contributed by atoms with Crippen LogP contribution in [0.5, 0.6) is 0 Å². The SMILES string of the molecule is COCO[C@@H]1C=C(C(=O)OC)C[C@@H]2N[C@H]21. The second-order valence-electron chi connectivity index (χ2n) is 3.72. The number of carbonyl (C=O) groups is 1. The van der Waals surface area contributed by atoms with Gasteiger partial charge < -0.3 is 19.5 Å². The summed E-state index contributed by atoms with van der Waals surface area (Å²) in [5.41, 5.74) is 0.685. The van der Waals surface area contributed by atoms with E-state index in [1.54, 1.807) is 7.11 Å². The summed E-state index contributed by atoms with van der Waals surface area (Å²) in [6, 6.07) is 0.680. The molecule has 2 aliphatic rings. The number of nitrogens with one attached hydrogen (secondary N) is 1. The van der Waals surface area contributed by atoms with Crippen LogP contribution in [0.3, 0.4) is 0 Å². The summed E-state index contributed by atoms with van der Waals surface area (Å²) in [4.78, 5) is 11.3. The average Bonchev–Trinajstić information content (AvgIpc) is 3.03. The third kappa shape index (κ3) is 2.19. The maximum atomic E-state index is 11.3. The second kappa shape index (κ2) is 4.30. The number of fused-ring (bicyclic) bond motifs is 1. The monoisotopic (exact) mass is 213 g/mol. The van der Waals surface area contributed by atoms with Crippen LogP contribution in [0.1, 0.15) is 6.42 Å². The van der Waals surface area contributed by atoms with Crippen LogP contribution in [0.15, 0.2) is 11.6 Å². The lowest BCUT2D eigenvalue weighted by Gasteiger charge is -2.18. The molecule has 1 N–H and O–H groups in total. The normalized spacial score (nSPS) is 32.9. The van der Waals surface area contributed by atoms with Gasteiger partial charge in [0.25, 0.3) is 0 Å². The van der Waals surface area contributed by atoms with Crippen molar-refractivity contribution in [2.45, 2.75) is 24.6 Å². The zero-order chi connectivity index (χ0) is 10.8. The van der Waals surface area contributed by atoms with Crippen molar-refractivity contribution in [1.82, 2.24) is 5.32 Å². The van der Waals surface area contributed by atoms with Gasteiger partial charge in [-0.05, 0) is 12.5 Å². The van der Waals surface area contributed by atoms with E-state index in [-0.39, 0.29) is 18.9 Å². The molecule has 0 amide bonds. The molecule has 0 unspecified atom stereocenters. The molecule has 0 saturated carbocycles. The van der Waals surface area contributed by atoms with Crippen LogP contribution in [0.2, 0.25) is 0 Å². The van der Waals surface area contributed by atoms with Gasteiger partial charge in [-0.1, -0.05) is 0 Å². The lowest BCUT2D eigenvalue weighted by Crippen LogP contribution is -2.27. The quantitative estimate of drug-likeness (QED) is 0.398. The highest BCUT2D eigenvalue weighted by Gasteiger charge is 2.46. The first kappa shape index (κ1) is 10.6. The zero-order valence-corrected chi connectivity index (χ0v) is 8.86. The number of ether oxygens (including phenoxy) is 3. The molecule has 0 bridgehead atoms. The molecular weight excluding hydrogens is 198 g/mol. The molecule has 2 rings (SSSR count). The lowest BCUT2D eigenvalue weighted by atomic mass is 9.97. The third-order valence-electron chi connectivity index (χ3n) is 2.72. The van der Waals surface area contributed by atoms with E-state index in [2.05, 4.69) is 10.1 Å². The summed E-state index contributed by atoms with van der Waals surface area (Å²) in [5, 5.41) is 3.26. The first-order valence-electron chi connectivity index (χ1n) is 4.92. The van der Waals surface area contributed by atoms with Crippen molar-refractivity contribution in [3.8, 4) is 0 Å². The van der Waals surface area contributed by atoms with E-state index in [4.69, 9.17) is 9.47 Å². The van der Waals surface area contributed by atoms with Crippen molar-refractivity contribution < 1.29 is 19.0 Å². The molecule has 5 nitrogen and oxygen atoms in total. The average molecular weight is 213 g/mol. The lowest BCUT2D eigenvalue weighted by molar-refractivity contribution is -0.136. The smallest absolute Gasteiger partial charge is 0.333 e. The highest BCUT2D eigenvalue weighted by atomic mass is 16.7. The molecule has 15 heavy (non-hydrogen) atoms. The van der Waals surface area contributed by atoms with Gasteiger partial charge in [-0.2, -0.15) is 0 Å². The van der Waals surface area contributed by atoms with Crippen LogP contribution in [0.4, 0.5) is 0 Å². The number of hydrogen-bond acceptors (Lipinski definition) is 5. The second-order valence-corrected chi connectivity index (χ2v) is 3.72. The van der Waals surface area contributed by atoms with Crippen LogP contribution in [-0.2, 0) is 19.0 Å². The standard InChI is InChI=1S/C10H15NO4/c1-13-5-15-8-4-6(10(12)14-2)3-7-9(8)11-7/h4,7-9,11H,3,5H2,1-2H3/t7-,8+,9+/m0/s1. The minimum atomic E-state index is -0.270. The summed E-state index contributed by atoms with van der Waals surface area (Å²) in [7, 11) is 2.96. The Morgan fingerprint density at radius 3 is 3.07 bits per heavy atom. The summed E-state index contributed by atoms with van der Waals surface area (Å²) < 4.78 is 15.0. The van der Waals surface area contributed by atoms with E-state index in [9.17, 15) is 4.79 Å². The fourth-order valence-corrected chi connectivity index (χ4v) is 1.89. The molecule has 0 radical (unpaired) electrons. The van der Waals surface area contributed by atoms with Crippen molar-refractivity contribution in [3.63, 3.8) is 0 Å². The molecule has 84 valence electrons. The van der Waals surface area contributed by atoms with Gasteiger partial charge in [0.05, 0.1) is 19.3 Å². The molecule has 0 aromatic heterocycles. The van der Waals surface area contributed by atoms with Crippen LogP contribution in [0.25, 0.3) is 0 Å². The van der Waals surface area contributed by atoms with Crippen LogP contribution in [0, 0.1) is 0 Å². The summed E-state index contributed by atoms with van der Waals surface area (Å²) in [6.07, 6.45) is 2.47. The molecule has 1 heterocycles. The molecule has 3 atom stereocenters. The first-order chi connectivity index (χ1) is 7.26. The fraction of sp³-hybridized carbons (Fsp3) is 0.700. The first-order valence-corrected chi connectivity index (χ1v) is 4.92. The zero-order valence-electron chi connectivity index (χ0n) is 8.86. The molecule has 1 fully saturated rings. The Bertz CT molecular complexity index is 289. The van der Waals surface area contributed by atoms with Crippen molar-refractivity contribution in [2.75, 3.05) is 21.0 Å². The molecule has 1 saturated heterocycles. The van der Waals surface area contributed by atoms with E-state index in [1.165, 1.54) is 7.11 Å². The molecule has 0 aromatic rings. The Morgan fingerprint density at radius 2 is 2.40 bits per heavy atom. The number of rotatable bonds is 4. The van der Waals surface area contributed by atoms with Gasteiger partial charge in [0, 0.05) is 18.7 Å². The van der Waals surface area contributed by atoms with Gasteiger partial charge in [0.2, 0.25) is 0 Å².